The van der Waals surface area contributed by atoms with Crippen molar-refractivity contribution < 1.29 is 14.3 Å². The Labute approximate surface area is 130 Å². The number of carbonyl (C=O) groups is 2. The number of benzene rings is 1. The molecule has 6 heteroatoms. The van der Waals surface area contributed by atoms with Crippen molar-refractivity contribution in [2.75, 3.05) is 32.1 Å². The molecule has 0 fully saturated rings. The number of rotatable bonds is 7. The van der Waals surface area contributed by atoms with Crippen molar-refractivity contribution in [3.05, 3.63) is 29.8 Å². The van der Waals surface area contributed by atoms with Crippen LogP contribution >= 0.6 is 0 Å². The predicted octanol–water partition coefficient (Wildman–Crippen LogP) is 1.89. The fourth-order valence-corrected chi connectivity index (χ4v) is 1.94. The van der Waals surface area contributed by atoms with Crippen LogP contribution in [0.25, 0.3) is 0 Å². The molecule has 0 aliphatic rings. The number of hydrogen-bond donors (Lipinski definition) is 1. The lowest BCUT2D eigenvalue weighted by Crippen LogP contribution is -2.35. The van der Waals surface area contributed by atoms with Gasteiger partial charge in [0.2, 0.25) is 5.91 Å². The number of amides is 1. The Balaban J connectivity index is 2.57. The zero-order chi connectivity index (χ0) is 16.5. The lowest BCUT2D eigenvalue weighted by atomic mass is 10.2. The summed E-state index contributed by atoms with van der Waals surface area (Å²) in [5.74, 6) is -0.689. The van der Waals surface area contributed by atoms with Gasteiger partial charge in [0, 0.05) is 12.2 Å². The van der Waals surface area contributed by atoms with E-state index in [9.17, 15) is 9.59 Å². The van der Waals surface area contributed by atoms with Gasteiger partial charge >= 0.3 is 5.97 Å². The van der Waals surface area contributed by atoms with Gasteiger partial charge in [-0.15, -0.1) is 0 Å². The van der Waals surface area contributed by atoms with Crippen LogP contribution < -0.4 is 5.32 Å². The quantitative estimate of drug-likeness (QED) is 0.778. The molecular weight excluding hydrogens is 282 g/mol. The van der Waals surface area contributed by atoms with Crippen molar-refractivity contribution in [1.29, 1.82) is 5.26 Å². The Morgan fingerprint density at radius 1 is 1.36 bits per heavy atom. The molecule has 1 amide bonds. The zero-order valence-electron chi connectivity index (χ0n) is 13.1. The molecule has 6 nitrogen and oxygen atoms in total. The third kappa shape index (κ3) is 5.54. The van der Waals surface area contributed by atoms with Crippen molar-refractivity contribution in [2.24, 2.45) is 5.92 Å². The summed E-state index contributed by atoms with van der Waals surface area (Å²) in [5.41, 5.74) is 1.04. The van der Waals surface area contributed by atoms with Crippen LogP contribution in [0.3, 0.4) is 0 Å². The summed E-state index contributed by atoms with van der Waals surface area (Å²) in [7, 11) is 1.32. The molecule has 0 radical (unpaired) electrons. The number of likely N-dealkylation sites (N-methyl/N-ethyl adjacent to an activating group) is 1. The Kier molecular flexibility index (Phi) is 7.06. The van der Waals surface area contributed by atoms with Crippen LogP contribution in [0.4, 0.5) is 5.69 Å². The van der Waals surface area contributed by atoms with Crippen molar-refractivity contribution in [3.8, 4) is 6.07 Å². The summed E-state index contributed by atoms with van der Waals surface area (Å²) in [6, 6.07) is 8.65. The molecule has 0 saturated heterocycles. The van der Waals surface area contributed by atoms with E-state index in [0.29, 0.717) is 24.3 Å². The first-order chi connectivity index (χ1) is 10.5. The average molecular weight is 303 g/mol. The fourth-order valence-electron chi connectivity index (χ4n) is 1.94. The molecule has 118 valence electrons. The fraction of sp³-hybridized carbons (Fsp3) is 0.438. The number of methoxy groups -OCH3 is 1. The molecule has 1 rings (SSSR count). The number of esters is 1. The summed E-state index contributed by atoms with van der Waals surface area (Å²) >= 11 is 0. The number of nitriles is 1. The van der Waals surface area contributed by atoms with E-state index in [4.69, 9.17) is 5.26 Å². The number of anilines is 1. The number of nitrogens with one attached hydrogen (secondary N) is 1. The first-order valence-corrected chi connectivity index (χ1v) is 7.10. The minimum Gasteiger partial charge on any atom is -0.465 e. The summed E-state index contributed by atoms with van der Waals surface area (Å²) in [6.45, 7) is 5.25. The molecule has 0 bridgehead atoms. The van der Waals surface area contributed by atoms with E-state index >= 15 is 0 Å². The van der Waals surface area contributed by atoms with Crippen molar-refractivity contribution >= 4 is 17.6 Å². The number of ether oxygens (including phenoxy) is 1. The Bertz CT molecular complexity index is 549. The first-order valence-electron chi connectivity index (χ1n) is 7.10. The average Bonchev–Trinajstić information content (AvgIpc) is 2.53. The molecule has 0 spiro atoms. The van der Waals surface area contributed by atoms with E-state index in [2.05, 4.69) is 16.1 Å². The SMILES string of the molecule is CCN(CC(=O)Nc1ccc(C(=O)OC)cc1)CC(C)C#N. The van der Waals surface area contributed by atoms with E-state index in [-0.39, 0.29) is 18.4 Å². The molecule has 0 saturated carbocycles. The highest BCUT2D eigenvalue weighted by Gasteiger charge is 2.12. The maximum Gasteiger partial charge on any atom is 0.337 e. The van der Waals surface area contributed by atoms with Crippen molar-refractivity contribution in [2.45, 2.75) is 13.8 Å². The van der Waals surface area contributed by atoms with Crippen LogP contribution in [0.2, 0.25) is 0 Å². The highest BCUT2D eigenvalue weighted by Crippen LogP contribution is 2.10. The highest BCUT2D eigenvalue weighted by molar-refractivity contribution is 5.93. The van der Waals surface area contributed by atoms with Gasteiger partial charge in [0.05, 0.1) is 31.2 Å². The monoisotopic (exact) mass is 303 g/mol. The van der Waals surface area contributed by atoms with Gasteiger partial charge in [-0.05, 0) is 37.7 Å². The summed E-state index contributed by atoms with van der Waals surface area (Å²) < 4.78 is 4.61. The molecule has 0 aliphatic carbocycles. The molecule has 1 aromatic rings. The lowest BCUT2D eigenvalue weighted by molar-refractivity contribution is -0.117. The van der Waals surface area contributed by atoms with Crippen molar-refractivity contribution in [1.82, 2.24) is 4.90 Å². The van der Waals surface area contributed by atoms with Crippen LogP contribution in [-0.2, 0) is 9.53 Å². The van der Waals surface area contributed by atoms with Crippen molar-refractivity contribution in [3.63, 3.8) is 0 Å². The van der Waals surface area contributed by atoms with Gasteiger partial charge in [-0.3, -0.25) is 9.69 Å². The topological polar surface area (TPSA) is 82.4 Å². The predicted molar refractivity (Wildman–Crippen MR) is 83.3 cm³/mol. The standard InChI is InChI=1S/C16H21N3O3/c1-4-19(10-12(2)9-17)11-15(20)18-14-7-5-13(6-8-14)16(21)22-3/h5-8,12H,4,10-11H2,1-3H3,(H,18,20). The molecule has 0 heterocycles. The molecule has 22 heavy (non-hydrogen) atoms. The first kappa shape index (κ1) is 17.7. The van der Waals surface area contributed by atoms with Gasteiger partial charge in [0.15, 0.2) is 0 Å². The Hall–Kier alpha value is -2.39. The third-order valence-corrected chi connectivity index (χ3v) is 3.16. The minimum atomic E-state index is -0.416. The molecular formula is C16H21N3O3. The van der Waals surface area contributed by atoms with Gasteiger partial charge in [0.25, 0.3) is 0 Å². The third-order valence-electron chi connectivity index (χ3n) is 3.16. The molecule has 1 N–H and O–H groups in total. The van der Waals surface area contributed by atoms with Crippen LogP contribution in [0.5, 0.6) is 0 Å². The van der Waals surface area contributed by atoms with E-state index in [1.807, 2.05) is 18.7 Å². The van der Waals surface area contributed by atoms with Gasteiger partial charge < -0.3 is 10.1 Å². The normalized spacial score (nSPS) is 11.6. The molecule has 0 aromatic heterocycles. The van der Waals surface area contributed by atoms with Crippen LogP contribution in [0.15, 0.2) is 24.3 Å². The highest BCUT2D eigenvalue weighted by atomic mass is 16.5. The van der Waals surface area contributed by atoms with E-state index in [1.165, 1.54) is 7.11 Å². The van der Waals surface area contributed by atoms with E-state index < -0.39 is 5.97 Å². The second kappa shape index (κ2) is 8.80. The van der Waals surface area contributed by atoms with Gasteiger partial charge in [-0.25, -0.2) is 4.79 Å². The summed E-state index contributed by atoms with van der Waals surface area (Å²) in [4.78, 5) is 25.2. The molecule has 0 aliphatic heterocycles. The molecule has 1 aromatic carbocycles. The number of carbonyl (C=O) groups excluding carboxylic acids is 2. The van der Waals surface area contributed by atoms with Crippen LogP contribution in [0.1, 0.15) is 24.2 Å². The second-order valence-electron chi connectivity index (χ2n) is 4.97. The van der Waals surface area contributed by atoms with Crippen LogP contribution in [0, 0.1) is 17.2 Å². The van der Waals surface area contributed by atoms with Gasteiger partial charge in [-0.1, -0.05) is 6.92 Å². The molecule has 1 atom stereocenters. The van der Waals surface area contributed by atoms with Gasteiger partial charge in [-0.2, -0.15) is 5.26 Å². The summed E-state index contributed by atoms with van der Waals surface area (Å²) in [6.07, 6.45) is 0. The number of nitrogens with zero attached hydrogens (tertiary/aromatic N) is 2. The lowest BCUT2D eigenvalue weighted by Gasteiger charge is -2.20. The maximum atomic E-state index is 12.0. The Morgan fingerprint density at radius 3 is 2.50 bits per heavy atom. The molecule has 1 unspecified atom stereocenters. The number of hydrogen-bond acceptors (Lipinski definition) is 5. The van der Waals surface area contributed by atoms with Crippen LogP contribution in [-0.4, -0.2) is 43.5 Å². The maximum absolute atomic E-state index is 12.0. The smallest absolute Gasteiger partial charge is 0.337 e. The second-order valence-corrected chi connectivity index (χ2v) is 4.97. The van der Waals surface area contributed by atoms with Gasteiger partial charge in [0.1, 0.15) is 0 Å². The van der Waals surface area contributed by atoms with E-state index in [0.717, 1.165) is 0 Å². The van der Waals surface area contributed by atoms with E-state index in [1.54, 1.807) is 24.3 Å². The largest absolute Gasteiger partial charge is 0.465 e. The Morgan fingerprint density at radius 2 is 2.00 bits per heavy atom. The zero-order valence-corrected chi connectivity index (χ0v) is 13.1. The minimum absolute atomic E-state index is 0.118. The summed E-state index contributed by atoms with van der Waals surface area (Å²) in [5, 5.41) is 11.6.